The van der Waals surface area contributed by atoms with Crippen LogP contribution in [0.4, 0.5) is 5.13 Å². The number of amides is 1. The summed E-state index contributed by atoms with van der Waals surface area (Å²) in [5.41, 5.74) is 2.42. The molecule has 1 saturated heterocycles. The van der Waals surface area contributed by atoms with Crippen molar-refractivity contribution in [3.8, 4) is 0 Å². The monoisotopic (exact) mass is 536 g/mol. The van der Waals surface area contributed by atoms with Gasteiger partial charge in [0, 0.05) is 31.2 Å². The molecule has 0 bridgehead atoms. The molecule has 4 rings (SSSR count). The number of aryl methyl sites for hydroxylation is 1. The molecule has 0 spiro atoms. The van der Waals surface area contributed by atoms with Crippen LogP contribution in [-0.4, -0.2) is 68.3 Å². The van der Waals surface area contributed by atoms with Crippen molar-refractivity contribution in [2.45, 2.75) is 44.0 Å². The van der Waals surface area contributed by atoms with E-state index in [9.17, 15) is 13.2 Å². The number of aromatic nitrogens is 1. The minimum atomic E-state index is -3.58. The topological polar surface area (TPSA) is 73.8 Å². The molecule has 0 N–H and O–H groups in total. The number of nitrogens with zero attached hydrogens (tertiary/aromatic N) is 4. The summed E-state index contributed by atoms with van der Waals surface area (Å²) >= 11 is 1.49. The van der Waals surface area contributed by atoms with Crippen LogP contribution in [0.25, 0.3) is 10.2 Å². The van der Waals surface area contributed by atoms with E-state index < -0.39 is 10.0 Å². The highest BCUT2D eigenvalue weighted by molar-refractivity contribution is 7.89. The van der Waals surface area contributed by atoms with Gasteiger partial charge < -0.3 is 4.90 Å². The fourth-order valence-electron chi connectivity index (χ4n) is 4.26. The van der Waals surface area contributed by atoms with Crippen LogP contribution in [0.1, 0.15) is 42.1 Å². The normalized spacial score (nSPS) is 16.9. The van der Waals surface area contributed by atoms with Crippen molar-refractivity contribution in [3.05, 3.63) is 53.6 Å². The summed E-state index contributed by atoms with van der Waals surface area (Å²) in [6.45, 7) is 5.67. The van der Waals surface area contributed by atoms with E-state index in [1.807, 2.05) is 51.0 Å². The number of hydrogen-bond donors (Lipinski definition) is 0. The maximum Gasteiger partial charge on any atom is 0.260 e. The molecule has 0 radical (unpaired) electrons. The third kappa shape index (κ3) is 5.86. The van der Waals surface area contributed by atoms with Gasteiger partial charge in [0.25, 0.3) is 5.91 Å². The first-order valence-corrected chi connectivity index (χ1v) is 13.9. The van der Waals surface area contributed by atoms with Crippen LogP contribution in [-0.2, 0) is 10.0 Å². The standard InChI is InChI=1S/C25H32N4O3S2.ClH/c1-18-8-7-10-22-23(18)26-25(33-22)28(17-16-27(3)4)24(30)20-11-13-21(14-12-20)34(31,32)29-15-6-5-9-19(29)2;/h7-8,10-14,19H,5-6,9,15-17H2,1-4H3;1H. The van der Waals surface area contributed by atoms with E-state index in [1.165, 1.54) is 11.3 Å². The molecule has 7 nitrogen and oxygen atoms in total. The molecule has 1 aromatic heterocycles. The molecule has 1 unspecified atom stereocenters. The van der Waals surface area contributed by atoms with Gasteiger partial charge in [0.1, 0.15) is 0 Å². The van der Waals surface area contributed by atoms with Crippen molar-refractivity contribution in [1.29, 1.82) is 0 Å². The van der Waals surface area contributed by atoms with Gasteiger partial charge in [-0.05, 0) is 76.7 Å². The van der Waals surface area contributed by atoms with Crippen LogP contribution in [0, 0.1) is 6.92 Å². The lowest BCUT2D eigenvalue weighted by Crippen LogP contribution is -2.41. The molecule has 3 aromatic rings. The van der Waals surface area contributed by atoms with Gasteiger partial charge in [-0.3, -0.25) is 9.69 Å². The predicted molar refractivity (Wildman–Crippen MR) is 145 cm³/mol. The average Bonchev–Trinajstić information content (AvgIpc) is 3.24. The van der Waals surface area contributed by atoms with Gasteiger partial charge in [-0.25, -0.2) is 13.4 Å². The first-order chi connectivity index (χ1) is 16.2. The molecule has 2 aromatic carbocycles. The molecule has 1 amide bonds. The summed E-state index contributed by atoms with van der Waals surface area (Å²) in [6.07, 6.45) is 2.80. The quantitative estimate of drug-likeness (QED) is 0.434. The number of benzene rings is 2. The largest absolute Gasteiger partial charge is 0.308 e. The Kier molecular flexibility index (Phi) is 8.93. The summed E-state index contributed by atoms with van der Waals surface area (Å²) in [6, 6.07) is 12.3. The van der Waals surface area contributed by atoms with Gasteiger partial charge in [-0.15, -0.1) is 12.4 Å². The molecule has 1 fully saturated rings. The molecule has 190 valence electrons. The van der Waals surface area contributed by atoms with Crippen LogP contribution in [0.2, 0.25) is 0 Å². The van der Waals surface area contributed by atoms with Crippen molar-refractivity contribution in [3.63, 3.8) is 0 Å². The molecule has 10 heteroatoms. The molecule has 1 atom stereocenters. The minimum Gasteiger partial charge on any atom is -0.308 e. The number of hydrogen-bond acceptors (Lipinski definition) is 6. The van der Waals surface area contributed by atoms with Gasteiger partial charge >= 0.3 is 0 Å². The lowest BCUT2D eigenvalue weighted by Gasteiger charge is -2.32. The van der Waals surface area contributed by atoms with Gasteiger partial charge in [-0.2, -0.15) is 4.31 Å². The Morgan fingerprint density at radius 3 is 2.46 bits per heavy atom. The highest BCUT2D eigenvalue weighted by Gasteiger charge is 2.31. The molecule has 1 aliphatic heterocycles. The third-order valence-electron chi connectivity index (χ3n) is 6.31. The summed E-state index contributed by atoms with van der Waals surface area (Å²) in [7, 11) is 0.351. The van der Waals surface area contributed by atoms with E-state index >= 15 is 0 Å². The highest BCUT2D eigenvalue weighted by atomic mass is 35.5. The predicted octanol–water partition coefficient (Wildman–Crippen LogP) is 4.80. The van der Waals surface area contributed by atoms with E-state index in [0.717, 1.165) is 35.0 Å². The van der Waals surface area contributed by atoms with E-state index in [2.05, 4.69) is 0 Å². The zero-order valence-corrected chi connectivity index (χ0v) is 23.0. The van der Waals surface area contributed by atoms with Crippen molar-refractivity contribution in [2.75, 3.05) is 38.6 Å². The number of anilines is 1. The Morgan fingerprint density at radius 2 is 1.83 bits per heavy atom. The number of carbonyl (C=O) groups excluding carboxylic acids is 1. The number of halogens is 1. The lowest BCUT2D eigenvalue weighted by molar-refractivity contribution is 0.0985. The molecule has 35 heavy (non-hydrogen) atoms. The minimum absolute atomic E-state index is 0. The van der Waals surface area contributed by atoms with Crippen LogP contribution in [0.15, 0.2) is 47.4 Å². The Morgan fingerprint density at radius 1 is 1.11 bits per heavy atom. The number of rotatable bonds is 7. The van der Waals surface area contributed by atoms with Gasteiger partial charge in [0.15, 0.2) is 5.13 Å². The number of para-hydroxylation sites is 1. The zero-order chi connectivity index (χ0) is 24.5. The van der Waals surface area contributed by atoms with E-state index in [4.69, 9.17) is 4.98 Å². The van der Waals surface area contributed by atoms with Crippen molar-refractivity contribution < 1.29 is 13.2 Å². The third-order valence-corrected chi connectivity index (χ3v) is 9.38. The van der Waals surface area contributed by atoms with E-state index in [1.54, 1.807) is 33.5 Å². The van der Waals surface area contributed by atoms with E-state index in [0.29, 0.717) is 30.3 Å². The van der Waals surface area contributed by atoms with Gasteiger partial charge in [0.05, 0.1) is 15.1 Å². The first kappa shape index (κ1) is 27.5. The SMILES string of the molecule is Cc1cccc2sc(N(CCN(C)C)C(=O)c3ccc(S(=O)(=O)N4CCCCC4C)cc3)nc12.Cl. The van der Waals surface area contributed by atoms with Crippen LogP contribution in [0.5, 0.6) is 0 Å². The number of piperidine rings is 1. The Labute approximate surface area is 218 Å². The molecule has 2 heterocycles. The second kappa shape index (κ2) is 11.3. The smallest absolute Gasteiger partial charge is 0.260 e. The maximum absolute atomic E-state index is 13.5. The highest BCUT2D eigenvalue weighted by Crippen LogP contribution is 2.32. The average molecular weight is 537 g/mol. The zero-order valence-electron chi connectivity index (χ0n) is 20.6. The number of sulfonamides is 1. The Bertz CT molecular complexity index is 1280. The Balaban J connectivity index is 0.00000342. The fourth-order valence-corrected chi connectivity index (χ4v) is 7.03. The van der Waals surface area contributed by atoms with Crippen molar-refractivity contribution in [2.24, 2.45) is 0 Å². The van der Waals surface area contributed by atoms with Crippen LogP contribution < -0.4 is 4.90 Å². The Hall–Kier alpha value is -2.04. The summed E-state index contributed by atoms with van der Waals surface area (Å²) < 4.78 is 28.9. The van der Waals surface area contributed by atoms with Crippen molar-refractivity contribution >= 4 is 55.0 Å². The molecule has 0 saturated carbocycles. The second-order valence-electron chi connectivity index (χ2n) is 9.16. The maximum atomic E-state index is 13.5. The lowest BCUT2D eigenvalue weighted by atomic mass is 10.1. The molecule has 0 aliphatic carbocycles. The number of carbonyl (C=O) groups is 1. The summed E-state index contributed by atoms with van der Waals surface area (Å²) in [5.74, 6) is -0.186. The first-order valence-electron chi connectivity index (χ1n) is 11.6. The molecular formula is C25H33ClN4O3S2. The summed E-state index contributed by atoms with van der Waals surface area (Å²) in [5, 5.41) is 0.648. The number of likely N-dealkylation sites (N-methyl/N-ethyl adjacent to an activating group) is 1. The number of fused-ring (bicyclic) bond motifs is 1. The summed E-state index contributed by atoms with van der Waals surface area (Å²) in [4.78, 5) is 22.3. The fraction of sp³-hybridized carbons (Fsp3) is 0.440. The molecule has 1 aliphatic rings. The molecular weight excluding hydrogens is 504 g/mol. The number of thiazole rings is 1. The van der Waals surface area contributed by atoms with Crippen LogP contribution >= 0.6 is 23.7 Å². The van der Waals surface area contributed by atoms with Gasteiger partial charge in [-0.1, -0.05) is 29.9 Å². The van der Waals surface area contributed by atoms with Crippen molar-refractivity contribution in [1.82, 2.24) is 14.2 Å². The van der Waals surface area contributed by atoms with Crippen LogP contribution in [0.3, 0.4) is 0 Å². The van der Waals surface area contributed by atoms with Gasteiger partial charge in [0.2, 0.25) is 10.0 Å². The second-order valence-corrected chi connectivity index (χ2v) is 12.1. The van der Waals surface area contributed by atoms with E-state index in [-0.39, 0.29) is 29.3 Å².